The number of carbonyl (C=O) groups excluding carboxylic acids is 1. The Morgan fingerprint density at radius 2 is 1.79 bits per heavy atom. The number of nitro groups is 1. The molecule has 1 heterocycles. The van der Waals surface area contributed by atoms with Gasteiger partial charge in [0.25, 0.3) is 6.04 Å². The van der Waals surface area contributed by atoms with Crippen molar-refractivity contribution in [3.05, 3.63) is 10.1 Å². The molecule has 2 rings (SSSR count). The molecular formula is C12H20N2O5. The van der Waals surface area contributed by atoms with Gasteiger partial charge in [-0.05, 0) is 19.8 Å². The normalized spacial score (nSPS) is 38.9. The van der Waals surface area contributed by atoms with E-state index in [0.29, 0.717) is 12.8 Å². The average Bonchev–Trinajstić information content (AvgIpc) is 2.33. The fraction of sp³-hybridized carbons (Fsp3) is 0.917. The molecule has 0 aromatic carbocycles. The van der Waals surface area contributed by atoms with Crippen LogP contribution in [0.15, 0.2) is 0 Å². The third-order valence-corrected chi connectivity index (χ3v) is 3.97. The van der Waals surface area contributed by atoms with Gasteiger partial charge in [0.1, 0.15) is 13.2 Å². The van der Waals surface area contributed by atoms with E-state index in [1.807, 2.05) is 6.92 Å². The molecule has 1 amide bonds. The maximum atomic E-state index is 11.2. The Morgan fingerprint density at radius 1 is 1.26 bits per heavy atom. The lowest BCUT2D eigenvalue weighted by Crippen LogP contribution is -2.56. The standard InChI is InChI=1S/C12H20N2O5/c1-9(15)13-11(2)3-5-12(6-4-11)18-7-10(8-19-12)14(16)17/h10H,3-8H2,1-2H3,(H,13,15). The van der Waals surface area contributed by atoms with E-state index >= 15 is 0 Å². The summed E-state index contributed by atoms with van der Waals surface area (Å²) < 4.78 is 11.2. The first-order valence-electron chi connectivity index (χ1n) is 6.54. The van der Waals surface area contributed by atoms with Crippen LogP contribution >= 0.6 is 0 Å². The summed E-state index contributed by atoms with van der Waals surface area (Å²) in [5.74, 6) is -0.734. The van der Waals surface area contributed by atoms with E-state index < -0.39 is 11.8 Å². The third kappa shape index (κ3) is 3.22. The van der Waals surface area contributed by atoms with Gasteiger partial charge in [0.2, 0.25) is 5.91 Å². The van der Waals surface area contributed by atoms with Crippen molar-refractivity contribution in [2.24, 2.45) is 0 Å². The van der Waals surface area contributed by atoms with Crippen molar-refractivity contribution in [1.82, 2.24) is 5.32 Å². The molecule has 7 nitrogen and oxygen atoms in total. The number of carbonyl (C=O) groups is 1. The van der Waals surface area contributed by atoms with Gasteiger partial charge in [0, 0.05) is 30.2 Å². The van der Waals surface area contributed by atoms with E-state index in [4.69, 9.17) is 9.47 Å². The van der Waals surface area contributed by atoms with Gasteiger partial charge in [-0.3, -0.25) is 14.9 Å². The van der Waals surface area contributed by atoms with E-state index in [1.165, 1.54) is 6.92 Å². The van der Waals surface area contributed by atoms with Gasteiger partial charge in [-0.25, -0.2) is 0 Å². The predicted octanol–water partition coefficient (Wildman–Crippen LogP) is 0.844. The smallest absolute Gasteiger partial charge is 0.259 e. The summed E-state index contributed by atoms with van der Waals surface area (Å²) in [6.07, 6.45) is 2.79. The second-order valence-corrected chi connectivity index (χ2v) is 5.71. The molecule has 1 aliphatic heterocycles. The summed E-state index contributed by atoms with van der Waals surface area (Å²) in [6.45, 7) is 3.71. The lowest BCUT2D eigenvalue weighted by atomic mass is 9.79. The molecule has 0 unspecified atom stereocenters. The Hall–Kier alpha value is -1.21. The number of hydrogen-bond donors (Lipinski definition) is 1. The van der Waals surface area contributed by atoms with Crippen molar-refractivity contribution in [3.8, 4) is 0 Å². The fourth-order valence-corrected chi connectivity index (χ4v) is 2.73. The molecule has 0 atom stereocenters. The van der Waals surface area contributed by atoms with Crippen LogP contribution in [0, 0.1) is 10.1 Å². The molecule has 0 aromatic heterocycles. The monoisotopic (exact) mass is 272 g/mol. The Balaban J connectivity index is 1.90. The first-order chi connectivity index (χ1) is 8.84. The predicted molar refractivity (Wildman–Crippen MR) is 66.1 cm³/mol. The lowest BCUT2D eigenvalue weighted by molar-refractivity contribution is -0.550. The number of hydrogen-bond acceptors (Lipinski definition) is 5. The third-order valence-electron chi connectivity index (χ3n) is 3.97. The minimum atomic E-state index is -0.769. The Morgan fingerprint density at radius 3 is 2.21 bits per heavy atom. The van der Waals surface area contributed by atoms with Gasteiger partial charge in [0.05, 0.1) is 0 Å². The second kappa shape index (κ2) is 5.05. The summed E-state index contributed by atoms with van der Waals surface area (Å²) in [7, 11) is 0. The van der Waals surface area contributed by atoms with Gasteiger partial charge in [-0.2, -0.15) is 0 Å². The molecule has 1 saturated heterocycles. The molecule has 2 fully saturated rings. The summed E-state index contributed by atoms with van der Waals surface area (Å²) in [4.78, 5) is 21.4. The summed E-state index contributed by atoms with van der Waals surface area (Å²) in [5, 5.41) is 13.6. The zero-order valence-electron chi connectivity index (χ0n) is 11.3. The van der Waals surface area contributed by atoms with E-state index in [1.54, 1.807) is 0 Å². The van der Waals surface area contributed by atoms with Crippen molar-refractivity contribution < 1.29 is 19.2 Å². The van der Waals surface area contributed by atoms with Crippen molar-refractivity contribution in [2.45, 2.75) is 56.9 Å². The van der Waals surface area contributed by atoms with Crippen molar-refractivity contribution in [2.75, 3.05) is 13.2 Å². The Kier molecular flexibility index (Phi) is 3.78. The molecule has 0 bridgehead atoms. The molecule has 108 valence electrons. The lowest BCUT2D eigenvalue weighted by Gasteiger charge is -2.46. The summed E-state index contributed by atoms with van der Waals surface area (Å²) in [6, 6.07) is -0.769. The van der Waals surface area contributed by atoms with Crippen molar-refractivity contribution in [3.63, 3.8) is 0 Å². The minimum Gasteiger partial charge on any atom is -0.351 e. The maximum absolute atomic E-state index is 11.2. The largest absolute Gasteiger partial charge is 0.351 e. The van der Waals surface area contributed by atoms with Gasteiger partial charge >= 0.3 is 0 Å². The number of rotatable bonds is 2. The average molecular weight is 272 g/mol. The highest BCUT2D eigenvalue weighted by Gasteiger charge is 2.46. The topological polar surface area (TPSA) is 90.7 Å². The molecule has 1 saturated carbocycles. The van der Waals surface area contributed by atoms with E-state index in [2.05, 4.69) is 5.32 Å². The molecule has 1 spiro atoms. The molecule has 0 radical (unpaired) electrons. The van der Waals surface area contributed by atoms with Crippen LogP contribution < -0.4 is 5.32 Å². The highest BCUT2D eigenvalue weighted by Crippen LogP contribution is 2.39. The number of nitrogens with one attached hydrogen (secondary N) is 1. The fourth-order valence-electron chi connectivity index (χ4n) is 2.73. The zero-order valence-corrected chi connectivity index (χ0v) is 11.3. The minimum absolute atomic E-state index is 0.0441. The SMILES string of the molecule is CC(=O)NC1(C)CCC2(CC1)OCC([N+](=O)[O-])CO2. The summed E-state index contributed by atoms with van der Waals surface area (Å²) >= 11 is 0. The molecule has 2 aliphatic rings. The second-order valence-electron chi connectivity index (χ2n) is 5.71. The first kappa shape index (κ1) is 14.2. The van der Waals surface area contributed by atoms with Gasteiger partial charge < -0.3 is 14.8 Å². The van der Waals surface area contributed by atoms with Crippen LogP contribution in [0.4, 0.5) is 0 Å². The van der Waals surface area contributed by atoms with Crippen LogP contribution in [-0.4, -0.2) is 41.4 Å². The van der Waals surface area contributed by atoms with Crippen LogP contribution in [0.25, 0.3) is 0 Å². The number of amides is 1. The van der Waals surface area contributed by atoms with E-state index in [9.17, 15) is 14.9 Å². The molecule has 1 N–H and O–H groups in total. The Labute approximate surface area is 111 Å². The highest BCUT2D eigenvalue weighted by molar-refractivity contribution is 5.73. The summed E-state index contributed by atoms with van der Waals surface area (Å²) in [5.41, 5.74) is -0.232. The molecule has 19 heavy (non-hydrogen) atoms. The molecule has 7 heteroatoms. The van der Waals surface area contributed by atoms with Crippen LogP contribution in [0.3, 0.4) is 0 Å². The van der Waals surface area contributed by atoms with Crippen molar-refractivity contribution >= 4 is 5.91 Å². The first-order valence-corrected chi connectivity index (χ1v) is 6.54. The quantitative estimate of drug-likeness (QED) is 0.594. The van der Waals surface area contributed by atoms with Gasteiger partial charge in [0.15, 0.2) is 5.79 Å². The van der Waals surface area contributed by atoms with Gasteiger partial charge in [-0.1, -0.05) is 0 Å². The molecule has 0 aromatic rings. The van der Waals surface area contributed by atoms with Crippen molar-refractivity contribution in [1.29, 1.82) is 0 Å². The van der Waals surface area contributed by atoms with Gasteiger partial charge in [-0.15, -0.1) is 0 Å². The zero-order chi connectivity index (χ0) is 14.1. The molecular weight excluding hydrogens is 252 g/mol. The van der Waals surface area contributed by atoms with Crippen LogP contribution in [0.5, 0.6) is 0 Å². The Bertz CT molecular complexity index is 366. The highest BCUT2D eigenvalue weighted by atomic mass is 16.7. The van der Waals surface area contributed by atoms with Crippen LogP contribution in [0.2, 0.25) is 0 Å². The maximum Gasteiger partial charge on any atom is 0.259 e. The van der Waals surface area contributed by atoms with Crippen LogP contribution in [-0.2, 0) is 14.3 Å². The van der Waals surface area contributed by atoms with Crippen LogP contribution in [0.1, 0.15) is 39.5 Å². The number of ether oxygens (including phenoxy) is 2. The van der Waals surface area contributed by atoms with E-state index in [-0.39, 0.29) is 29.6 Å². The number of nitrogens with zero attached hydrogens (tertiary/aromatic N) is 1. The van der Waals surface area contributed by atoms with E-state index in [0.717, 1.165) is 12.8 Å². The molecule has 1 aliphatic carbocycles.